The van der Waals surface area contributed by atoms with Crippen molar-refractivity contribution in [3.8, 4) is 11.5 Å². The predicted octanol–water partition coefficient (Wildman–Crippen LogP) is 4.15. The average molecular weight is 470 g/mol. The number of thiophene rings is 1. The van der Waals surface area contributed by atoms with E-state index in [9.17, 15) is 9.59 Å². The first-order chi connectivity index (χ1) is 16.0. The maximum absolute atomic E-state index is 12.5. The Kier molecular flexibility index (Phi) is 7.54. The minimum atomic E-state index is -0.162. The highest BCUT2D eigenvalue weighted by Gasteiger charge is 2.22. The van der Waals surface area contributed by atoms with Crippen molar-refractivity contribution in [2.24, 2.45) is 5.92 Å². The number of benzene rings is 1. The Morgan fingerprint density at radius 3 is 2.64 bits per heavy atom. The van der Waals surface area contributed by atoms with Crippen LogP contribution in [0.2, 0.25) is 0 Å². The zero-order valence-electron chi connectivity index (χ0n) is 18.7. The number of rotatable bonds is 8. The molecule has 2 N–H and O–H groups in total. The standard InChI is InChI=1S/C24H27N3O5S/c1-15-20(13-25-22(28)16-9-11-31-12-10-16)27-24(32-15)17-3-5-18(6-4-17)26-23(29)21-8-7-19(33-21)14-30-2/h3-8,16H,9-14H2,1-2H3,(H,25,28)(H,26,29). The van der Waals surface area contributed by atoms with Crippen LogP contribution in [0.4, 0.5) is 5.69 Å². The number of nitrogens with zero attached hydrogens (tertiary/aromatic N) is 1. The van der Waals surface area contributed by atoms with Gasteiger partial charge >= 0.3 is 0 Å². The molecule has 1 aromatic carbocycles. The zero-order valence-corrected chi connectivity index (χ0v) is 19.5. The lowest BCUT2D eigenvalue weighted by atomic mass is 9.99. The molecule has 0 radical (unpaired) electrons. The second-order valence-corrected chi connectivity index (χ2v) is 9.03. The molecule has 3 heterocycles. The lowest BCUT2D eigenvalue weighted by molar-refractivity contribution is -0.128. The van der Waals surface area contributed by atoms with E-state index in [0.717, 1.165) is 23.3 Å². The van der Waals surface area contributed by atoms with Crippen molar-refractivity contribution in [3.05, 3.63) is 57.6 Å². The van der Waals surface area contributed by atoms with Crippen molar-refractivity contribution < 1.29 is 23.5 Å². The molecule has 2 amide bonds. The van der Waals surface area contributed by atoms with Gasteiger partial charge in [-0.15, -0.1) is 11.3 Å². The van der Waals surface area contributed by atoms with E-state index in [-0.39, 0.29) is 17.7 Å². The number of hydrogen-bond donors (Lipinski definition) is 2. The van der Waals surface area contributed by atoms with Crippen LogP contribution in [-0.4, -0.2) is 37.1 Å². The number of nitrogens with one attached hydrogen (secondary N) is 2. The summed E-state index contributed by atoms with van der Waals surface area (Å²) in [4.78, 5) is 31.0. The largest absolute Gasteiger partial charge is 0.441 e. The summed E-state index contributed by atoms with van der Waals surface area (Å²) >= 11 is 1.41. The smallest absolute Gasteiger partial charge is 0.265 e. The summed E-state index contributed by atoms with van der Waals surface area (Å²) in [5.74, 6) is 1.00. The van der Waals surface area contributed by atoms with Gasteiger partial charge in [0.1, 0.15) is 11.5 Å². The summed E-state index contributed by atoms with van der Waals surface area (Å²) in [6, 6.07) is 11.0. The number of carbonyl (C=O) groups excluding carboxylic acids is 2. The number of ether oxygens (including phenoxy) is 2. The summed E-state index contributed by atoms with van der Waals surface area (Å²) in [6.07, 6.45) is 1.50. The normalized spacial score (nSPS) is 14.2. The van der Waals surface area contributed by atoms with E-state index in [1.54, 1.807) is 13.2 Å². The molecule has 0 bridgehead atoms. The fourth-order valence-electron chi connectivity index (χ4n) is 3.60. The van der Waals surface area contributed by atoms with E-state index < -0.39 is 0 Å². The molecule has 1 saturated heterocycles. The van der Waals surface area contributed by atoms with E-state index >= 15 is 0 Å². The maximum atomic E-state index is 12.5. The number of methoxy groups -OCH3 is 1. The first kappa shape index (κ1) is 23.2. The predicted molar refractivity (Wildman–Crippen MR) is 125 cm³/mol. The Labute approximate surface area is 196 Å². The molecule has 0 atom stereocenters. The Morgan fingerprint density at radius 1 is 1.15 bits per heavy atom. The lowest BCUT2D eigenvalue weighted by Gasteiger charge is -2.20. The minimum absolute atomic E-state index is 0.00562. The van der Waals surface area contributed by atoms with Crippen LogP contribution in [0.1, 0.15) is 38.8 Å². The fourth-order valence-corrected chi connectivity index (χ4v) is 4.47. The molecule has 0 aliphatic carbocycles. The van der Waals surface area contributed by atoms with E-state index in [4.69, 9.17) is 13.9 Å². The van der Waals surface area contributed by atoms with Crippen LogP contribution in [0.15, 0.2) is 40.8 Å². The molecule has 33 heavy (non-hydrogen) atoms. The van der Waals surface area contributed by atoms with Gasteiger partial charge in [0.15, 0.2) is 0 Å². The first-order valence-electron chi connectivity index (χ1n) is 10.8. The highest BCUT2D eigenvalue weighted by atomic mass is 32.1. The number of carbonyl (C=O) groups is 2. The van der Waals surface area contributed by atoms with Crippen molar-refractivity contribution in [1.82, 2.24) is 10.3 Å². The second kappa shape index (κ2) is 10.7. The van der Waals surface area contributed by atoms with Crippen LogP contribution in [0.3, 0.4) is 0 Å². The van der Waals surface area contributed by atoms with Gasteiger partial charge in [0.2, 0.25) is 11.8 Å². The SMILES string of the molecule is COCc1ccc(C(=O)Nc2ccc(-c3nc(CNC(=O)C4CCOCC4)c(C)o3)cc2)s1. The van der Waals surface area contributed by atoms with E-state index in [2.05, 4.69) is 15.6 Å². The Bertz CT molecular complexity index is 1100. The third-order valence-electron chi connectivity index (χ3n) is 5.48. The van der Waals surface area contributed by atoms with E-state index in [1.165, 1.54) is 11.3 Å². The number of amides is 2. The van der Waals surface area contributed by atoms with Gasteiger partial charge in [0, 0.05) is 42.4 Å². The van der Waals surface area contributed by atoms with Crippen molar-refractivity contribution in [2.45, 2.75) is 32.9 Å². The molecule has 1 aliphatic rings. The summed E-state index contributed by atoms with van der Waals surface area (Å²) < 4.78 is 16.2. The molecular formula is C24H27N3O5S. The van der Waals surface area contributed by atoms with E-state index in [0.29, 0.717) is 54.3 Å². The van der Waals surface area contributed by atoms with Crippen LogP contribution >= 0.6 is 11.3 Å². The van der Waals surface area contributed by atoms with Crippen LogP contribution < -0.4 is 10.6 Å². The summed E-state index contributed by atoms with van der Waals surface area (Å²) in [5.41, 5.74) is 2.17. The Balaban J connectivity index is 1.35. The van der Waals surface area contributed by atoms with Gasteiger partial charge in [-0.3, -0.25) is 9.59 Å². The molecule has 3 aromatic rings. The van der Waals surface area contributed by atoms with Gasteiger partial charge in [-0.25, -0.2) is 4.98 Å². The van der Waals surface area contributed by atoms with Crippen molar-refractivity contribution in [3.63, 3.8) is 0 Å². The number of oxazole rings is 1. The van der Waals surface area contributed by atoms with Gasteiger partial charge in [0.25, 0.3) is 5.91 Å². The van der Waals surface area contributed by atoms with Gasteiger partial charge in [-0.2, -0.15) is 0 Å². The molecule has 8 nitrogen and oxygen atoms in total. The number of aromatic nitrogens is 1. The topological polar surface area (TPSA) is 103 Å². The summed E-state index contributed by atoms with van der Waals surface area (Å²) in [5, 5.41) is 5.85. The van der Waals surface area contributed by atoms with Gasteiger partial charge in [-0.05, 0) is 56.2 Å². The van der Waals surface area contributed by atoms with Crippen LogP contribution in [-0.2, 0) is 27.4 Å². The Morgan fingerprint density at radius 2 is 1.91 bits per heavy atom. The molecule has 0 saturated carbocycles. The van der Waals surface area contributed by atoms with Gasteiger partial charge in [-0.1, -0.05) is 0 Å². The van der Waals surface area contributed by atoms with Gasteiger partial charge in [0.05, 0.1) is 18.0 Å². The van der Waals surface area contributed by atoms with E-state index in [1.807, 2.05) is 37.3 Å². The molecular weight excluding hydrogens is 442 g/mol. The van der Waals surface area contributed by atoms with Crippen LogP contribution in [0.5, 0.6) is 0 Å². The Hall–Kier alpha value is -3.01. The highest BCUT2D eigenvalue weighted by Crippen LogP contribution is 2.25. The molecule has 0 unspecified atom stereocenters. The third kappa shape index (κ3) is 5.87. The highest BCUT2D eigenvalue weighted by molar-refractivity contribution is 7.14. The van der Waals surface area contributed by atoms with Crippen LogP contribution in [0.25, 0.3) is 11.5 Å². The number of anilines is 1. The lowest BCUT2D eigenvalue weighted by Crippen LogP contribution is -2.34. The maximum Gasteiger partial charge on any atom is 0.265 e. The number of hydrogen-bond acceptors (Lipinski definition) is 7. The van der Waals surface area contributed by atoms with Crippen LogP contribution in [0, 0.1) is 12.8 Å². The molecule has 4 rings (SSSR count). The van der Waals surface area contributed by atoms with Crippen molar-refractivity contribution in [2.75, 3.05) is 25.6 Å². The minimum Gasteiger partial charge on any atom is -0.441 e. The summed E-state index contributed by atoms with van der Waals surface area (Å²) in [6.45, 7) is 3.91. The second-order valence-electron chi connectivity index (χ2n) is 7.86. The molecule has 0 spiro atoms. The number of aryl methyl sites for hydroxylation is 1. The molecule has 174 valence electrons. The quantitative estimate of drug-likeness (QED) is 0.514. The zero-order chi connectivity index (χ0) is 23.2. The van der Waals surface area contributed by atoms with Gasteiger partial charge < -0.3 is 24.5 Å². The summed E-state index contributed by atoms with van der Waals surface area (Å²) in [7, 11) is 1.63. The average Bonchev–Trinajstić information content (AvgIpc) is 3.45. The molecule has 9 heteroatoms. The molecule has 1 aliphatic heterocycles. The van der Waals surface area contributed by atoms with Crippen molar-refractivity contribution in [1.29, 1.82) is 0 Å². The monoisotopic (exact) mass is 469 g/mol. The molecule has 2 aromatic heterocycles. The fraction of sp³-hybridized carbons (Fsp3) is 0.375. The first-order valence-corrected chi connectivity index (χ1v) is 11.7. The third-order valence-corrected chi connectivity index (χ3v) is 6.53. The van der Waals surface area contributed by atoms with Crippen molar-refractivity contribution >= 4 is 28.8 Å². The molecule has 1 fully saturated rings.